The maximum absolute atomic E-state index is 13.3. The standard InChI is InChI=1S/C22H26F3N5O2S/c23-22(24,25)16-2-1-9-30(12-16)21(33(31)32)14-5-3-13(4-6-14)19-18-15(11-28-29-19)10-27-20-17(18)7-8-26-20/h7-8,10-11,13-14,16,21,29H,1-6,9,12H2,(H,31,32). The highest BCUT2D eigenvalue weighted by Gasteiger charge is 2.45. The Hall–Kier alpha value is -2.11. The number of aromatic amines is 1. The molecule has 2 aliphatic rings. The molecule has 2 fully saturated rings. The van der Waals surface area contributed by atoms with Crippen molar-refractivity contribution in [3.05, 3.63) is 30.4 Å². The van der Waals surface area contributed by atoms with E-state index < -0.39 is 28.5 Å². The summed E-state index contributed by atoms with van der Waals surface area (Å²) < 4.78 is 62.2. The number of alkyl halides is 3. The third kappa shape index (κ3) is 4.38. The number of H-pyrrole nitrogens is 1. The van der Waals surface area contributed by atoms with Crippen LogP contribution in [0.15, 0.2) is 24.7 Å². The molecule has 2 N–H and O–H groups in total. The van der Waals surface area contributed by atoms with Crippen molar-refractivity contribution < 1.29 is 21.9 Å². The molecule has 5 rings (SSSR count). The van der Waals surface area contributed by atoms with E-state index in [9.17, 15) is 21.9 Å². The van der Waals surface area contributed by atoms with E-state index in [1.165, 1.54) is 0 Å². The first-order valence-electron chi connectivity index (χ1n) is 11.3. The first kappa shape index (κ1) is 22.7. The van der Waals surface area contributed by atoms with Crippen LogP contribution in [-0.2, 0) is 11.1 Å². The number of likely N-dealkylation sites (tertiary alicyclic amines) is 1. The summed E-state index contributed by atoms with van der Waals surface area (Å²) in [6.07, 6.45) is 4.31. The zero-order valence-corrected chi connectivity index (χ0v) is 18.8. The van der Waals surface area contributed by atoms with Crippen molar-refractivity contribution >= 4 is 32.9 Å². The van der Waals surface area contributed by atoms with E-state index in [-0.39, 0.29) is 24.8 Å². The lowest BCUT2D eigenvalue weighted by molar-refractivity contribution is -0.188. The first-order valence-corrected chi connectivity index (χ1v) is 12.5. The quantitative estimate of drug-likeness (QED) is 0.529. The average molecular weight is 482 g/mol. The summed E-state index contributed by atoms with van der Waals surface area (Å²) in [7, 11) is 0. The molecule has 0 bridgehead atoms. The maximum atomic E-state index is 13.3. The van der Waals surface area contributed by atoms with Gasteiger partial charge in [-0.25, -0.2) is 14.2 Å². The lowest BCUT2D eigenvalue weighted by Gasteiger charge is -2.42. The van der Waals surface area contributed by atoms with Gasteiger partial charge in [-0.1, -0.05) is 0 Å². The predicted molar refractivity (Wildman–Crippen MR) is 119 cm³/mol. The number of nitrogens with zero attached hydrogens (tertiary/aromatic N) is 4. The minimum atomic E-state index is -4.27. The molecule has 4 heterocycles. The largest absolute Gasteiger partial charge is 0.393 e. The molecule has 3 atom stereocenters. The molecular weight excluding hydrogens is 455 g/mol. The molecule has 7 nitrogen and oxygen atoms in total. The predicted octanol–water partition coefficient (Wildman–Crippen LogP) is 4.60. The summed E-state index contributed by atoms with van der Waals surface area (Å²) in [5.41, 5.74) is 1.68. The second-order valence-electron chi connectivity index (χ2n) is 9.21. The van der Waals surface area contributed by atoms with E-state index in [0.717, 1.165) is 34.7 Å². The fraction of sp³-hybridized carbons (Fsp3) is 0.591. The normalized spacial score (nSPS) is 27.1. The highest BCUT2D eigenvalue weighted by molar-refractivity contribution is 7.79. The lowest BCUT2D eigenvalue weighted by atomic mass is 9.78. The fourth-order valence-electron chi connectivity index (χ4n) is 5.68. The van der Waals surface area contributed by atoms with Gasteiger partial charge in [-0.3, -0.25) is 10.00 Å². The molecular formula is C22H26F3N5O2S. The Labute approximate surface area is 191 Å². The lowest BCUT2D eigenvalue weighted by Crippen LogP contribution is -2.51. The van der Waals surface area contributed by atoms with Gasteiger partial charge < -0.3 is 4.55 Å². The van der Waals surface area contributed by atoms with Gasteiger partial charge in [-0.15, -0.1) is 0 Å². The minimum absolute atomic E-state index is 0.0847. The molecule has 3 aromatic rings. The number of aromatic nitrogens is 4. The van der Waals surface area contributed by atoms with Crippen LogP contribution in [0.2, 0.25) is 0 Å². The molecule has 11 heteroatoms. The molecule has 3 aromatic heterocycles. The summed E-state index contributed by atoms with van der Waals surface area (Å²) in [4.78, 5) is 10.3. The Balaban J connectivity index is 1.35. The summed E-state index contributed by atoms with van der Waals surface area (Å²) in [5, 5.41) is 9.61. The van der Waals surface area contributed by atoms with Crippen molar-refractivity contribution in [3.8, 4) is 0 Å². The van der Waals surface area contributed by atoms with Crippen molar-refractivity contribution in [2.45, 2.75) is 56.0 Å². The Bertz CT molecular complexity index is 1160. The van der Waals surface area contributed by atoms with Crippen LogP contribution in [0, 0.1) is 11.8 Å². The fourth-order valence-corrected chi connectivity index (χ4v) is 6.73. The van der Waals surface area contributed by atoms with E-state index in [4.69, 9.17) is 0 Å². The van der Waals surface area contributed by atoms with Gasteiger partial charge in [0.05, 0.1) is 12.1 Å². The van der Waals surface area contributed by atoms with Crippen LogP contribution < -0.4 is 0 Å². The van der Waals surface area contributed by atoms with E-state index in [1.807, 2.05) is 6.07 Å². The number of hydrogen-bond acceptors (Lipinski definition) is 5. The van der Waals surface area contributed by atoms with Crippen LogP contribution in [0.5, 0.6) is 0 Å². The SMILES string of the molecule is O=S(O)C(C1CCC(c2[nH]ncc3cnc4nccc4c23)CC1)N1CCCC(C(F)(F)F)C1. The first-order chi connectivity index (χ1) is 15.8. The van der Waals surface area contributed by atoms with Crippen LogP contribution in [0.3, 0.4) is 0 Å². The molecule has 1 saturated carbocycles. The Kier molecular flexibility index (Phi) is 6.13. The Morgan fingerprint density at radius 3 is 2.67 bits per heavy atom. The number of piperidine rings is 1. The Morgan fingerprint density at radius 1 is 1.15 bits per heavy atom. The van der Waals surface area contributed by atoms with Gasteiger partial charge in [-0.2, -0.15) is 18.3 Å². The molecule has 0 spiro atoms. The summed E-state index contributed by atoms with van der Waals surface area (Å²) in [5.74, 6) is -1.38. The Morgan fingerprint density at radius 2 is 1.94 bits per heavy atom. The van der Waals surface area contributed by atoms with Crippen LogP contribution in [0.1, 0.15) is 50.1 Å². The average Bonchev–Trinajstić information content (AvgIpc) is 3.28. The van der Waals surface area contributed by atoms with Crippen LogP contribution >= 0.6 is 0 Å². The molecule has 1 saturated heterocycles. The van der Waals surface area contributed by atoms with E-state index in [1.54, 1.807) is 23.5 Å². The van der Waals surface area contributed by atoms with Gasteiger partial charge >= 0.3 is 6.18 Å². The second kappa shape index (κ2) is 8.92. The summed E-state index contributed by atoms with van der Waals surface area (Å²) >= 11 is -2.21. The molecule has 178 valence electrons. The van der Waals surface area contributed by atoms with Crippen molar-refractivity contribution in [2.75, 3.05) is 13.1 Å². The monoisotopic (exact) mass is 481 g/mol. The highest BCUT2D eigenvalue weighted by atomic mass is 32.2. The van der Waals surface area contributed by atoms with Crippen LogP contribution in [0.4, 0.5) is 13.2 Å². The molecule has 0 amide bonds. The zero-order valence-electron chi connectivity index (χ0n) is 18.0. The molecule has 0 radical (unpaired) electrons. The van der Waals surface area contributed by atoms with Crippen molar-refractivity contribution in [3.63, 3.8) is 0 Å². The van der Waals surface area contributed by atoms with Gasteiger partial charge in [0.15, 0.2) is 16.7 Å². The van der Waals surface area contributed by atoms with Crippen molar-refractivity contribution in [1.82, 2.24) is 25.1 Å². The smallest absolute Gasteiger partial charge is 0.305 e. The second-order valence-corrected chi connectivity index (χ2v) is 10.2. The van der Waals surface area contributed by atoms with Gasteiger partial charge in [0.2, 0.25) is 0 Å². The molecule has 0 aromatic carbocycles. The van der Waals surface area contributed by atoms with Gasteiger partial charge in [-0.05, 0) is 57.1 Å². The number of hydrogen-bond donors (Lipinski definition) is 2. The topological polar surface area (TPSA) is 95.0 Å². The third-order valence-electron chi connectivity index (χ3n) is 7.29. The maximum Gasteiger partial charge on any atom is 0.393 e. The third-order valence-corrected chi connectivity index (χ3v) is 8.38. The van der Waals surface area contributed by atoms with E-state index >= 15 is 0 Å². The van der Waals surface area contributed by atoms with Gasteiger partial charge in [0.1, 0.15) is 5.37 Å². The number of nitrogens with one attached hydrogen (secondary N) is 1. The van der Waals surface area contributed by atoms with Crippen LogP contribution in [0.25, 0.3) is 21.8 Å². The number of fused-ring (bicyclic) bond motifs is 3. The van der Waals surface area contributed by atoms with Gasteiger partial charge in [0.25, 0.3) is 0 Å². The number of halogens is 3. The summed E-state index contributed by atoms with van der Waals surface area (Å²) in [6, 6.07) is 1.94. The molecule has 1 aliphatic carbocycles. The number of pyridine rings is 1. The summed E-state index contributed by atoms with van der Waals surface area (Å²) in [6.45, 7) is 0.232. The van der Waals surface area contributed by atoms with E-state index in [0.29, 0.717) is 31.5 Å². The van der Waals surface area contributed by atoms with Crippen LogP contribution in [-0.4, -0.2) is 58.5 Å². The van der Waals surface area contributed by atoms with Crippen molar-refractivity contribution in [2.24, 2.45) is 11.8 Å². The van der Waals surface area contributed by atoms with Gasteiger partial charge in [0, 0.05) is 46.7 Å². The minimum Gasteiger partial charge on any atom is -0.305 e. The highest BCUT2D eigenvalue weighted by Crippen LogP contribution is 2.42. The molecule has 33 heavy (non-hydrogen) atoms. The zero-order chi connectivity index (χ0) is 23.2. The number of rotatable bonds is 4. The molecule has 1 aliphatic heterocycles. The molecule has 3 unspecified atom stereocenters. The van der Waals surface area contributed by atoms with Crippen molar-refractivity contribution in [1.29, 1.82) is 0 Å². The van der Waals surface area contributed by atoms with E-state index in [2.05, 4.69) is 20.2 Å².